The molecule has 0 aliphatic rings. The lowest BCUT2D eigenvalue weighted by Gasteiger charge is -2.39. The number of unbranched alkanes of at least 4 members (excludes halogenated alkanes) is 12. The van der Waals surface area contributed by atoms with E-state index in [0.717, 1.165) is 24.3 Å². The van der Waals surface area contributed by atoms with Gasteiger partial charge in [0.1, 0.15) is 23.9 Å². The first kappa shape index (κ1) is 128. The van der Waals surface area contributed by atoms with Crippen molar-refractivity contribution in [2.45, 2.75) is 317 Å². The van der Waals surface area contributed by atoms with E-state index in [2.05, 4.69) is 135 Å². The van der Waals surface area contributed by atoms with E-state index >= 15 is 0 Å². The normalized spacial score (nSPS) is 12.9. The molecule has 6 amide bonds. The van der Waals surface area contributed by atoms with E-state index in [0.29, 0.717) is 12.1 Å². The average molecular weight is 2020 g/mol. The fraction of sp³-hybridized carbons (Fsp3) is 0.705. The molecule has 0 aliphatic carbocycles. The van der Waals surface area contributed by atoms with Crippen molar-refractivity contribution < 1.29 is 111 Å². The highest BCUT2D eigenvalue weighted by Gasteiger charge is 2.38. The number of aromatic hydroxyl groups is 1. The maximum absolute atomic E-state index is 14.7. The number of rotatable bonds is 69. The lowest BCUT2D eigenvalue weighted by molar-refractivity contribution is -0.929. The summed E-state index contributed by atoms with van der Waals surface area (Å²) in [6, 6.07) is -2.88. The first-order valence-corrected chi connectivity index (χ1v) is 57.6. The zero-order valence-corrected chi connectivity index (χ0v) is 88.0. The minimum atomic E-state index is -5.64. The van der Waals surface area contributed by atoms with Gasteiger partial charge in [-0.1, -0.05) is 205 Å². The van der Waals surface area contributed by atoms with E-state index in [1.807, 2.05) is 0 Å². The Balaban J connectivity index is 0.00000276. The molecule has 0 heterocycles. The number of hydrogen-bond acceptors (Lipinski definition) is 22. The Morgan fingerprint density at radius 2 is 0.481 bits per heavy atom. The number of hydrogen-bond donors (Lipinski definition) is 10. The van der Waals surface area contributed by atoms with Crippen molar-refractivity contribution in [1.82, 2.24) is 46.1 Å². The number of carbonyl (C=O) groups excluding carboxylic acids is 6. The van der Waals surface area contributed by atoms with Gasteiger partial charge in [-0.25, -0.2) is 50.5 Å². The van der Waals surface area contributed by atoms with Crippen LogP contribution in [0, 0.1) is 0 Å². The topological polar surface area (TPSA) is 505 Å². The molecule has 4 rings (SSSR count). The van der Waals surface area contributed by atoms with E-state index in [1.54, 1.807) is 14.2 Å². The van der Waals surface area contributed by atoms with Gasteiger partial charge in [0.15, 0.2) is 0 Å². The number of phenols is 1. The highest BCUT2D eigenvalue weighted by Crippen LogP contribution is 2.45. The maximum atomic E-state index is 14.7. The Morgan fingerprint density at radius 1 is 0.304 bits per heavy atom. The van der Waals surface area contributed by atoms with E-state index < -0.39 is 184 Å². The van der Waals surface area contributed by atoms with Gasteiger partial charge in [0.25, 0.3) is 0 Å². The third-order valence-corrected chi connectivity index (χ3v) is 30.2. The molecule has 0 bridgehead atoms. The molecule has 778 valence electrons. The van der Waals surface area contributed by atoms with Crippen LogP contribution in [0.3, 0.4) is 0 Å². The van der Waals surface area contributed by atoms with Crippen LogP contribution in [0.4, 0.5) is 0 Å². The molecule has 0 saturated heterocycles. The fourth-order valence-electron chi connectivity index (χ4n) is 15.7. The summed E-state index contributed by atoms with van der Waals surface area (Å²) in [4.78, 5) is 72.4. The number of nitrogens with zero attached hydrogens (tertiary/aromatic N) is 3. The van der Waals surface area contributed by atoms with Gasteiger partial charge in [-0.3, -0.25) is 28.8 Å². The molecule has 0 saturated carbocycles. The van der Waals surface area contributed by atoms with Crippen molar-refractivity contribution in [2.75, 3.05) is 135 Å². The molecule has 0 spiro atoms. The maximum Gasteiger partial charge on any atom is 0.246 e. The number of amides is 6. The summed E-state index contributed by atoms with van der Waals surface area (Å²) in [6.07, 6.45) is 33.1. The second kappa shape index (κ2) is 65.2. The van der Waals surface area contributed by atoms with Gasteiger partial charge in [0.2, 0.25) is 65.5 Å². The van der Waals surface area contributed by atoms with E-state index in [1.165, 1.54) is 267 Å². The third kappa shape index (κ3) is 48.2. The van der Waals surface area contributed by atoms with Crippen LogP contribution in [0.5, 0.6) is 5.75 Å². The molecule has 0 radical (unpaired) electrons. The Labute approximate surface area is 811 Å². The molecule has 3 unspecified atom stereocenters. The number of phenolic OH excluding ortho intramolecular Hbond substituents is 1. The predicted octanol–water partition coefficient (Wildman–Crippen LogP) is 12.1. The molecular weight excluding hydrogens is 1850 g/mol. The Bertz CT molecular complexity index is 4700. The highest BCUT2D eigenvalue weighted by atomic mass is 32.2. The van der Waals surface area contributed by atoms with E-state index in [9.17, 15) is 98.0 Å². The smallest absolute Gasteiger partial charge is 0.246 e. The largest absolute Gasteiger partial charge is 0.748 e. The first-order chi connectivity index (χ1) is 62.9. The van der Waals surface area contributed by atoms with Crippen LogP contribution in [-0.2, 0) is 89.2 Å². The summed E-state index contributed by atoms with van der Waals surface area (Å²) in [7, 11) is -33.2. The quantitative estimate of drug-likeness (QED) is 0.00645. The Morgan fingerprint density at radius 3 is 0.667 bits per heavy atom. The summed E-state index contributed by atoms with van der Waals surface area (Å²) < 4.78 is 206. The van der Waals surface area contributed by atoms with Gasteiger partial charge in [-0.05, 0) is 129 Å². The van der Waals surface area contributed by atoms with Crippen molar-refractivity contribution >= 4 is 128 Å². The van der Waals surface area contributed by atoms with Crippen molar-refractivity contribution in [2.24, 2.45) is 0 Å². The number of benzene rings is 4. The molecule has 10 N–H and O–H groups in total. The molecule has 40 heteroatoms. The molecule has 3 atom stereocenters. The van der Waals surface area contributed by atoms with Gasteiger partial charge in [-0.2, -0.15) is 14.2 Å². The minimum Gasteiger partial charge on any atom is -0.748 e. The van der Waals surface area contributed by atoms with Crippen LogP contribution in [0.15, 0.2) is 87.5 Å². The molecule has 4 aromatic carbocycles. The SMILES string of the molecule is C.C=C(C)C(=O)NCCCNC(=O)C(CS(=O)(=O)[O-])NS(=O)(=O)c1cc(O)c2ccc3c(S(=O)(=O)NC(CS(=O)(=O)[O-])C(=O)NCCCNC(=O)C(=C)C)cc(S(=O)(=O)NC(CS(=O)(=O)[O-])C(=O)NCCCNC(=O)C(=C)C)c4ccc1c2c34.CCCC[N+](CCCC)(CCCC)CCCC.CCCC[N+](CCCC)(CCCC)CCCC.CCCC[N+](CCCC)(CCCC)CCCC. The van der Waals surface area contributed by atoms with Crippen molar-refractivity contribution in [1.29, 1.82) is 0 Å². The lowest BCUT2D eigenvalue weighted by atomic mass is 9.94. The number of nitrogens with one attached hydrogen (secondary N) is 9. The van der Waals surface area contributed by atoms with Crippen LogP contribution in [0.2, 0.25) is 0 Å². The number of sulfonamides is 3. The zero-order valence-electron chi connectivity index (χ0n) is 83.1. The average Bonchev–Trinajstić information content (AvgIpc) is 0.702. The molecule has 34 nitrogen and oxygen atoms in total. The van der Waals surface area contributed by atoms with Crippen LogP contribution in [-0.4, -0.2) is 271 Å². The summed E-state index contributed by atoms with van der Waals surface area (Å²) in [6.45, 7) is 58.3. The molecule has 0 fully saturated rings. The number of carbonyl (C=O) groups is 6. The first-order valence-electron chi connectivity index (χ1n) is 48.4. The van der Waals surface area contributed by atoms with Gasteiger partial charge < -0.3 is 64.1 Å². The second-order valence-electron chi connectivity index (χ2n) is 35.5. The number of quaternary nitrogens is 3. The van der Waals surface area contributed by atoms with Gasteiger partial charge >= 0.3 is 0 Å². The van der Waals surface area contributed by atoms with Gasteiger partial charge in [-0.15, -0.1) is 0 Å². The Hall–Kier alpha value is -6.90. The molecule has 135 heavy (non-hydrogen) atoms. The summed E-state index contributed by atoms with van der Waals surface area (Å²) >= 11 is 0. The standard InChI is InChI=1S/C46H61N9O22S6.3C16H36N.CH4/c1-25(2)41(57)47-14-7-17-50-44(60)32(22-78(63,64)65)53-81(72,73)36-20-35(56)28-10-11-30-37(82(74,75)54-33(23-79(66,67)68)45(61)51-18-8-15-48-42(58)26(3)4)21-38(31-13-12-29(36)39(28)40(30)31)83(76,77)55-34(24-80(69,70)71)46(62)52-19-9-16-49-43(59)27(5)6;3*1-5-9-13-17(14-10-6-2,15-11-7-3)16-12-8-4;/h10-13,20-21,32-34,53-56H,1,3,5,7-9,14-19,22-24H2,2,4,6H3,(H,47,57)(H,48,58)(H,49,59)(H,50,60)(H,51,61)(H,52,62)(H,63,64,65)(H,66,67,68)(H,69,70,71);3*5-16H2,1-4H3;1H4/q;3*+1;/p-3. The lowest BCUT2D eigenvalue weighted by Crippen LogP contribution is -2.51. The fourth-order valence-corrected chi connectivity index (χ4v) is 22.3. The van der Waals surface area contributed by atoms with Crippen LogP contribution in [0.25, 0.3) is 32.3 Å². The third-order valence-electron chi connectivity index (χ3n) is 23.4. The van der Waals surface area contributed by atoms with Gasteiger partial charge in [0, 0.05) is 94.4 Å². The summed E-state index contributed by atoms with van der Waals surface area (Å²) in [5.74, 6) is -12.2. The van der Waals surface area contributed by atoms with E-state index in [4.69, 9.17) is 0 Å². The minimum absolute atomic E-state index is 0. The molecule has 4 aromatic rings. The summed E-state index contributed by atoms with van der Waals surface area (Å²) in [5.41, 5.74) is 0.385. The summed E-state index contributed by atoms with van der Waals surface area (Å²) in [5, 5.41) is 22.0. The zero-order chi connectivity index (χ0) is 102. The highest BCUT2D eigenvalue weighted by molar-refractivity contribution is 7.91. The molecular formula is C95H170N12O22S6. The molecule has 0 aromatic heterocycles. The van der Waals surface area contributed by atoms with Crippen LogP contribution in [0.1, 0.15) is 285 Å². The van der Waals surface area contributed by atoms with Crippen molar-refractivity contribution in [3.05, 3.63) is 72.9 Å². The monoisotopic (exact) mass is 2020 g/mol. The van der Waals surface area contributed by atoms with Crippen molar-refractivity contribution in [3.8, 4) is 5.75 Å². The molecule has 0 aliphatic heterocycles. The second-order valence-corrected chi connectivity index (χ2v) is 44.9. The van der Waals surface area contributed by atoms with E-state index in [-0.39, 0.29) is 82.7 Å². The van der Waals surface area contributed by atoms with Gasteiger partial charge in [0.05, 0.1) is 141 Å². The van der Waals surface area contributed by atoms with Crippen molar-refractivity contribution in [3.63, 3.8) is 0 Å². The Kier molecular flexibility index (Phi) is 61.8. The van der Waals surface area contributed by atoms with Crippen LogP contribution < -0.4 is 46.1 Å². The van der Waals surface area contributed by atoms with Crippen LogP contribution >= 0.6 is 0 Å². The predicted molar refractivity (Wildman–Crippen MR) is 539 cm³/mol.